The van der Waals surface area contributed by atoms with Gasteiger partial charge < -0.3 is 5.32 Å². The van der Waals surface area contributed by atoms with Crippen LogP contribution in [0.2, 0.25) is 5.02 Å². The number of aryl methyl sites for hydroxylation is 2. The number of halogens is 3. The summed E-state index contributed by atoms with van der Waals surface area (Å²) in [6.07, 6.45) is 0.842. The van der Waals surface area contributed by atoms with Crippen molar-refractivity contribution in [3.8, 4) is 0 Å². The highest BCUT2D eigenvalue weighted by atomic mass is 79.9. The maximum Gasteiger partial charge on any atom is 0.147 e. The molecule has 102 valence electrons. The molecule has 0 aliphatic heterocycles. The van der Waals surface area contributed by atoms with Crippen LogP contribution in [0.3, 0.4) is 0 Å². The summed E-state index contributed by atoms with van der Waals surface area (Å²) in [7, 11) is 1.86. The van der Waals surface area contributed by atoms with Crippen LogP contribution in [0.25, 0.3) is 0 Å². The van der Waals surface area contributed by atoms with Gasteiger partial charge in [-0.1, -0.05) is 24.6 Å². The van der Waals surface area contributed by atoms with Gasteiger partial charge in [-0.25, -0.2) is 4.39 Å². The molecule has 0 atom stereocenters. The number of nitrogens with zero attached hydrogens (tertiary/aromatic N) is 2. The Hall–Kier alpha value is -1.07. The number of hydrogen-bond acceptors (Lipinski definition) is 2. The molecule has 0 bridgehead atoms. The summed E-state index contributed by atoms with van der Waals surface area (Å²) in [5.74, 6) is -0.360. The van der Waals surface area contributed by atoms with E-state index in [9.17, 15) is 4.39 Å². The summed E-state index contributed by atoms with van der Waals surface area (Å²) in [5, 5.41) is 7.78. The van der Waals surface area contributed by atoms with Gasteiger partial charge in [-0.05, 0) is 34.5 Å². The zero-order valence-corrected chi connectivity index (χ0v) is 13.0. The molecule has 0 spiro atoms. The van der Waals surface area contributed by atoms with Gasteiger partial charge >= 0.3 is 0 Å². The first-order chi connectivity index (χ1) is 9.04. The fourth-order valence-electron chi connectivity index (χ4n) is 1.85. The zero-order valence-electron chi connectivity index (χ0n) is 10.7. The van der Waals surface area contributed by atoms with E-state index in [-0.39, 0.29) is 5.82 Å². The van der Waals surface area contributed by atoms with Gasteiger partial charge in [-0.2, -0.15) is 5.10 Å². The van der Waals surface area contributed by atoms with E-state index in [1.807, 2.05) is 14.0 Å². The Kier molecular flexibility index (Phi) is 4.47. The second kappa shape index (κ2) is 5.92. The first-order valence-electron chi connectivity index (χ1n) is 5.92. The maximum atomic E-state index is 13.6. The fraction of sp³-hybridized carbons (Fsp3) is 0.308. The van der Waals surface area contributed by atoms with Gasteiger partial charge in [0, 0.05) is 7.05 Å². The zero-order chi connectivity index (χ0) is 14.0. The van der Waals surface area contributed by atoms with Crippen molar-refractivity contribution in [1.29, 1.82) is 0 Å². The van der Waals surface area contributed by atoms with Crippen LogP contribution in [0.1, 0.15) is 18.3 Å². The quantitative estimate of drug-likeness (QED) is 0.901. The van der Waals surface area contributed by atoms with Gasteiger partial charge in [0.15, 0.2) is 0 Å². The number of benzene rings is 1. The van der Waals surface area contributed by atoms with E-state index < -0.39 is 0 Å². The van der Waals surface area contributed by atoms with Gasteiger partial charge in [-0.3, -0.25) is 4.68 Å². The molecule has 0 saturated carbocycles. The third-order valence-electron chi connectivity index (χ3n) is 2.90. The molecule has 0 aliphatic rings. The average Bonchev–Trinajstić information content (AvgIpc) is 2.65. The molecule has 1 heterocycles. The van der Waals surface area contributed by atoms with E-state index >= 15 is 0 Å². The summed E-state index contributed by atoms with van der Waals surface area (Å²) in [6.45, 7) is 2.49. The van der Waals surface area contributed by atoms with Crippen LogP contribution in [0, 0.1) is 5.82 Å². The Bertz CT molecular complexity index is 578. The Balaban J connectivity index is 2.22. The first-order valence-corrected chi connectivity index (χ1v) is 7.09. The van der Waals surface area contributed by atoms with E-state index in [4.69, 9.17) is 11.6 Å². The van der Waals surface area contributed by atoms with E-state index in [1.165, 1.54) is 6.07 Å². The SMILES string of the molecule is CCc1nn(C)c(CNc2c(F)cccc2Cl)c1Br. The number of anilines is 1. The molecule has 1 N–H and O–H groups in total. The lowest BCUT2D eigenvalue weighted by atomic mass is 10.2. The topological polar surface area (TPSA) is 29.9 Å². The summed E-state index contributed by atoms with van der Waals surface area (Å²) >= 11 is 9.49. The summed E-state index contributed by atoms with van der Waals surface area (Å²) in [6, 6.07) is 4.62. The highest BCUT2D eigenvalue weighted by molar-refractivity contribution is 9.10. The van der Waals surface area contributed by atoms with Crippen molar-refractivity contribution in [3.05, 3.63) is 44.9 Å². The molecule has 19 heavy (non-hydrogen) atoms. The van der Waals surface area contributed by atoms with Crippen molar-refractivity contribution in [1.82, 2.24) is 9.78 Å². The highest BCUT2D eigenvalue weighted by Gasteiger charge is 2.13. The summed E-state index contributed by atoms with van der Waals surface area (Å²) in [5.41, 5.74) is 2.26. The Labute approximate surface area is 124 Å². The lowest BCUT2D eigenvalue weighted by molar-refractivity contribution is 0.629. The van der Waals surface area contributed by atoms with Crippen LogP contribution in [0.4, 0.5) is 10.1 Å². The minimum Gasteiger partial charge on any atom is -0.376 e. The third kappa shape index (κ3) is 2.92. The second-order valence-corrected chi connectivity index (χ2v) is 5.33. The number of hydrogen-bond donors (Lipinski definition) is 1. The predicted octanol–water partition coefficient (Wildman–Crippen LogP) is 4.15. The molecule has 0 aliphatic carbocycles. The van der Waals surface area contributed by atoms with Gasteiger partial charge in [-0.15, -0.1) is 0 Å². The molecule has 0 radical (unpaired) electrons. The minimum atomic E-state index is -0.360. The van der Waals surface area contributed by atoms with Crippen molar-refractivity contribution in [2.75, 3.05) is 5.32 Å². The van der Waals surface area contributed by atoms with Gasteiger partial charge in [0.05, 0.1) is 33.1 Å². The molecule has 2 aromatic rings. The molecule has 0 saturated heterocycles. The van der Waals surface area contributed by atoms with Crippen LogP contribution in [0.15, 0.2) is 22.7 Å². The van der Waals surface area contributed by atoms with Crippen LogP contribution in [-0.4, -0.2) is 9.78 Å². The Morgan fingerprint density at radius 3 is 2.79 bits per heavy atom. The Morgan fingerprint density at radius 2 is 2.21 bits per heavy atom. The van der Waals surface area contributed by atoms with Crippen LogP contribution >= 0.6 is 27.5 Å². The summed E-state index contributed by atoms with van der Waals surface area (Å²) < 4.78 is 16.4. The number of aromatic nitrogens is 2. The molecule has 1 aromatic carbocycles. The molecular weight excluding hydrogens is 333 g/mol. The predicted molar refractivity (Wildman–Crippen MR) is 79.0 cm³/mol. The minimum absolute atomic E-state index is 0.315. The molecule has 2 rings (SSSR count). The molecule has 6 heteroatoms. The molecule has 1 aromatic heterocycles. The second-order valence-electron chi connectivity index (χ2n) is 4.13. The van der Waals surface area contributed by atoms with Crippen molar-refractivity contribution in [3.63, 3.8) is 0 Å². The summed E-state index contributed by atoms with van der Waals surface area (Å²) in [4.78, 5) is 0. The number of rotatable bonds is 4. The first kappa shape index (κ1) is 14.3. The fourth-order valence-corrected chi connectivity index (χ4v) is 2.84. The van der Waals surface area contributed by atoms with Crippen LogP contribution in [0.5, 0.6) is 0 Å². The van der Waals surface area contributed by atoms with E-state index in [2.05, 4.69) is 26.3 Å². The van der Waals surface area contributed by atoms with E-state index in [0.29, 0.717) is 17.3 Å². The van der Waals surface area contributed by atoms with Crippen LogP contribution < -0.4 is 5.32 Å². The number of para-hydroxylation sites is 1. The normalized spacial score (nSPS) is 10.8. The maximum absolute atomic E-state index is 13.6. The lowest BCUT2D eigenvalue weighted by Crippen LogP contribution is -2.07. The monoisotopic (exact) mass is 345 g/mol. The van der Waals surface area contributed by atoms with Crippen molar-refractivity contribution in [2.24, 2.45) is 7.05 Å². The third-order valence-corrected chi connectivity index (χ3v) is 4.13. The highest BCUT2D eigenvalue weighted by Crippen LogP contribution is 2.27. The average molecular weight is 347 g/mol. The smallest absolute Gasteiger partial charge is 0.147 e. The standard InChI is InChI=1S/C13H14BrClFN3/c1-3-10-12(14)11(19(2)18-10)7-17-13-8(15)5-4-6-9(13)16/h4-6,17H,3,7H2,1-2H3. The molecule has 0 fully saturated rings. The number of nitrogens with one attached hydrogen (secondary N) is 1. The van der Waals surface area contributed by atoms with Crippen molar-refractivity contribution in [2.45, 2.75) is 19.9 Å². The molecular formula is C13H14BrClFN3. The van der Waals surface area contributed by atoms with Crippen LogP contribution in [-0.2, 0) is 20.0 Å². The van der Waals surface area contributed by atoms with E-state index in [0.717, 1.165) is 22.3 Å². The van der Waals surface area contributed by atoms with Gasteiger partial charge in [0.2, 0.25) is 0 Å². The van der Waals surface area contributed by atoms with E-state index in [1.54, 1.807) is 16.8 Å². The largest absolute Gasteiger partial charge is 0.376 e. The molecule has 3 nitrogen and oxygen atoms in total. The Morgan fingerprint density at radius 1 is 1.47 bits per heavy atom. The van der Waals surface area contributed by atoms with Crippen molar-refractivity contribution < 1.29 is 4.39 Å². The lowest BCUT2D eigenvalue weighted by Gasteiger charge is -2.10. The van der Waals surface area contributed by atoms with Crippen molar-refractivity contribution >= 4 is 33.2 Å². The van der Waals surface area contributed by atoms with Gasteiger partial charge in [0.25, 0.3) is 0 Å². The molecule has 0 unspecified atom stereocenters. The van der Waals surface area contributed by atoms with Gasteiger partial charge in [0.1, 0.15) is 5.82 Å². The molecule has 0 amide bonds.